The van der Waals surface area contributed by atoms with Gasteiger partial charge in [-0.25, -0.2) is 4.79 Å². The van der Waals surface area contributed by atoms with Gasteiger partial charge in [0.2, 0.25) is 0 Å². The minimum Gasteiger partial charge on any atom is -0.380 e. The summed E-state index contributed by atoms with van der Waals surface area (Å²) in [6, 6.07) is 8.66. The van der Waals surface area contributed by atoms with Crippen LogP contribution in [-0.4, -0.2) is 68.3 Å². The zero-order valence-electron chi connectivity index (χ0n) is 16.0. The lowest BCUT2D eigenvalue weighted by molar-refractivity contribution is 0.0938. The quantitative estimate of drug-likeness (QED) is 0.847. The van der Waals surface area contributed by atoms with Crippen molar-refractivity contribution in [3.05, 3.63) is 29.8 Å². The number of nitrogens with zero attached hydrogens (tertiary/aromatic N) is 2. The first-order valence-corrected chi connectivity index (χ1v) is 9.72. The molecule has 0 radical (unpaired) electrons. The number of ether oxygens (including phenoxy) is 1. The first kappa shape index (κ1) is 19.1. The molecule has 26 heavy (non-hydrogen) atoms. The maximum absolute atomic E-state index is 12.3. The molecule has 0 aliphatic carbocycles. The van der Waals surface area contributed by atoms with Crippen LogP contribution in [0, 0.1) is 0 Å². The molecule has 0 atom stereocenters. The SMILES string of the molecule is COCc1cccc(NC(=O)NC2CCN(C3CCN(C)CC3)CC2)c1. The van der Waals surface area contributed by atoms with Crippen LogP contribution in [0.25, 0.3) is 0 Å². The van der Waals surface area contributed by atoms with Crippen molar-refractivity contribution in [3.8, 4) is 0 Å². The van der Waals surface area contributed by atoms with Gasteiger partial charge in [-0.15, -0.1) is 0 Å². The van der Waals surface area contributed by atoms with E-state index in [9.17, 15) is 4.79 Å². The Morgan fingerprint density at radius 3 is 2.58 bits per heavy atom. The van der Waals surface area contributed by atoms with Gasteiger partial charge in [-0.3, -0.25) is 0 Å². The Balaban J connectivity index is 1.41. The van der Waals surface area contributed by atoms with Gasteiger partial charge in [0.15, 0.2) is 0 Å². The van der Waals surface area contributed by atoms with Crippen LogP contribution in [0.1, 0.15) is 31.2 Å². The van der Waals surface area contributed by atoms with Crippen LogP contribution in [0.2, 0.25) is 0 Å². The molecule has 2 saturated heterocycles. The van der Waals surface area contributed by atoms with E-state index in [2.05, 4.69) is 27.5 Å². The zero-order chi connectivity index (χ0) is 18.4. The van der Waals surface area contributed by atoms with Gasteiger partial charge in [0.25, 0.3) is 0 Å². The number of urea groups is 1. The summed E-state index contributed by atoms with van der Waals surface area (Å²) >= 11 is 0. The lowest BCUT2D eigenvalue weighted by Gasteiger charge is -2.41. The van der Waals surface area contributed by atoms with Crippen LogP contribution in [0.3, 0.4) is 0 Å². The van der Waals surface area contributed by atoms with Gasteiger partial charge in [0.1, 0.15) is 0 Å². The molecule has 0 bridgehead atoms. The number of rotatable bonds is 5. The predicted molar refractivity (Wildman–Crippen MR) is 104 cm³/mol. The molecule has 2 heterocycles. The van der Waals surface area contributed by atoms with Crippen molar-refractivity contribution in [2.45, 2.75) is 44.4 Å². The number of carbonyl (C=O) groups excluding carboxylic acids is 1. The van der Waals surface area contributed by atoms with E-state index in [1.165, 1.54) is 25.9 Å². The normalized spacial score (nSPS) is 20.8. The van der Waals surface area contributed by atoms with Gasteiger partial charge < -0.3 is 25.2 Å². The molecule has 0 unspecified atom stereocenters. The zero-order valence-corrected chi connectivity index (χ0v) is 16.0. The van der Waals surface area contributed by atoms with Crippen molar-refractivity contribution in [1.29, 1.82) is 0 Å². The van der Waals surface area contributed by atoms with Gasteiger partial charge in [0.05, 0.1) is 6.61 Å². The molecule has 2 aliphatic heterocycles. The summed E-state index contributed by atoms with van der Waals surface area (Å²) in [5.74, 6) is 0. The average Bonchev–Trinajstić information content (AvgIpc) is 2.64. The molecule has 0 spiro atoms. The number of carbonyl (C=O) groups is 1. The van der Waals surface area contributed by atoms with E-state index >= 15 is 0 Å². The van der Waals surface area contributed by atoms with Crippen LogP contribution in [0.5, 0.6) is 0 Å². The maximum Gasteiger partial charge on any atom is 0.319 e. The molecule has 2 aliphatic rings. The Hall–Kier alpha value is -1.63. The van der Waals surface area contributed by atoms with E-state index < -0.39 is 0 Å². The number of amides is 2. The number of methoxy groups -OCH3 is 1. The van der Waals surface area contributed by atoms with Gasteiger partial charge >= 0.3 is 6.03 Å². The Morgan fingerprint density at radius 1 is 1.15 bits per heavy atom. The third-order valence-electron chi connectivity index (χ3n) is 5.57. The van der Waals surface area contributed by atoms with E-state index in [1.54, 1.807) is 7.11 Å². The highest BCUT2D eigenvalue weighted by Gasteiger charge is 2.27. The van der Waals surface area contributed by atoms with Crippen LogP contribution in [0.4, 0.5) is 10.5 Å². The summed E-state index contributed by atoms with van der Waals surface area (Å²) < 4.78 is 5.14. The van der Waals surface area contributed by atoms with Crippen LogP contribution in [-0.2, 0) is 11.3 Å². The molecule has 0 aromatic heterocycles. The molecule has 6 nitrogen and oxygen atoms in total. The highest BCUT2D eigenvalue weighted by molar-refractivity contribution is 5.89. The minimum atomic E-state index is -0.114. The predicted octanol–water partition coefficient (Wildman–Crippen LogP) is 2.51. The molecule has 2 amide bonds. The fourth-order valence-corrected chi connectivity index (χ4v) is 4.03. The Bertz CT molecular complexity index is 579. The van der Waals surface area contributed by atoms with Gasteiger partial charge in [0, 0.05) is 38.0 Å². The molecule has 144 valence electrons. The van der Waals surface area contributed by atoms with Crippen LogP contribution in [0.15, 0.2) is 24.3 Å². The molecule has 2 fully saturated rings. The topological polar surface area (TPSA) is 56.8 Å². The van der Waals surface area contributed by atoms with Crippen molar-refractivity contribution >= 4 is 11.7 Å². The molecular weight excluding hydrogens is 328 g/mol. The number of likely N-dealkylation sites (tertiary alicyclic amines) is 2. The summed E-state index contributed by atoms with van der Waals surface area (Å²) in [7, 11) is 3.88. The fraction of sp³-hybridized carbons (Fsp3) is 0.650. The van der Waals surface area contributed by atoms with Crippen molar-refractivity contribution in [3.63, 3.8) is 0 Å². The molecule has 6 heteroatoms. The second kappa shape index (κ2) is 9.35. The maximum atomic E-state index is 12.3. The number of benzene rings is 1. The third-order valence-corrected chi connectivity index (χ3v) is 5.57. The first-order chi connectivity index (χ1) is 12.6. The molecular formula is C20H32N4O2. The average molecular weight is 361 g/mol. The highest BCUT2D eigenvalue weighted by Crippen LogP contribution is 2.20. The van der Waals surface area contributed by atoms with Gasteiger partial charge in [-0.05, 0) is 63.5 Å². The van der Waals surface area contributed by atoms with E-state index in [-0.39, 0.29) is 12.1 Å². The molecule has 2 N–H and O–H groups in total. The first-order valence-electron chi connectivity index (χ1n) is 9.72. The summed E-state index contributed by atoms with van der Waals surface area (Å²) in [6.45, 7) is 5.12. The second-order valence-electron chi connectivity index (χ2n) is 7.58. The largest absolute Gasteiger partial charge is 0.380 e. The lowest BCUT2D eigenvalue weighted by Crippen LogP contribution is -2.51. The Morgan fingerprint density at radius 2 is 1.88 bits per heavy atom. The Labute approximate surface area is 156 Å². The summed E-state index contributed by atoms with van der Waals surface area (Å²) in [6.07, 6.45) is 4.60. The van der Waals surface area contributed by atoms with E-state index in [4.69, 9.17) is 4.74 Å². The van der Waals surface area contributed by atoms with Crippen molar-refractivity contribution in [2.24, 2.45) is 0 Å². The fourth-order valence-electron chi connectivity index (χ4n) is 4.03. The molecule has 1 aromatic rings. The number of hydrogen-bond donors (Lipinski definition) is 2. The summed E-state index contributed by atoms with van der Waals surface area (Å²) in [4.78, 5) is 17.3. The second-order valence-corrected chi connectivity index (χ2v) is 7.58. The summed E-state index contributed by atoms with van der Waals surface area (Å²) in [5.41, 5.74) is 1.86. The number of anilines is 1. The van der Waals surface area contributed by atoms with E-state index in [0.29, 0.717) is 6.61 Å². The smallest absolute Gasteiger partial charge is 0.319 e. The van der Waals surface area contributed by atoms with E-state index in [1.807, 2.05) is 24.3 Å². The van der Waals surface area contributed by atoms with Gasteiger partial charge in [-0.2, -0.15) is 0 Å². The summed E-state index contributed by atoms with van der Waals surface area (Å²) in [5, 5.41) is 6.08. The Kier molecular flexibility index (Phi) is 6.88. The van der Waals surface area contributed by atoms with Gasteiger partial charge in [-0.1, -0.05) is 12.1 Å². The number of nitrogens with one attached hydrogen (secondary N) is 2. The standard InChI is InChI=1S/C20H32N4O2/c1-23-10-8-19(9-11-23)24-12-6-17(7-13-24)21-20(25)22-18-5-3-4-16(14-18)15-26-2/h3-5,14,17,19H,6-13,15H2,1-2H3,(H2,21,22,25). The molecule has 3 rings (SSSR count). The van der Waals surface area contributed by atoms with Crippen LogP contribution >= 0.6 is 0 Å². The van der Waals surface area contributed by atoms with Crippen molar-refractivity contribution in [2.75, 3.05) is 45.7 Å². The van der Waals surface area contributed by atoms with E-state index in [0.717, 1.165) is 43.2 Å². The highest BCUT2D eigenvalue weighted by atomic mass is 16.5. The monoisotopic (exact) mass is 360 g/mol. The lowest BCUT2D eigenvalue weighted by atomic mass is 9.98. The van der Waals surface area contributed by atoms with Crippen molar-refractivity contribution < 1.29 is 9.53 Å². The minimum absolute atomic E-state index is 0.114. The molecule has 0 saturated carbocycles. The number of hydrogen-bond acceptors (Lipinski definition) is 4. The van der Waals surface area contributed by atoms with Crippen LogP contribution < -0.4 is 10.6 Å². The molecule has 1 aromatic carbocycles. The number of piperidine rings is 2. The van der Waals surface area contributed by atoms with Crippen molar-refractivity contribution in [1.82, 2.24) is 15.1 Å². The third kappa shape index (κ3) is 5.43.